The molecule has 1 saturated carbocycles. The molecule has 25 heavy (non-hydrogen) atoms. The summed E-state index contributed by atoms with van der Waals surface area (Å²) in [6, 6.07) is 5.61. The zero-order chi connectivity index (χ0) is 18.4. The lowest BCUT2D eigenvalue weighted by molar-refractivity contribution is -0.135. The van der Waals surface area contributed by atoms with Crippen LogP contribution in [0.15, 0.2) is 28.3 Å². The van der Waals surface area contributed by atoms with Crippen LogP contribution in [0.1, 0.15) is 32.6 Å². The monoisotopic (exact) mass is 403 g/mol. The molecule has 0 amide bonds. The van der Waals surface area contributed by atoms with Gasteiger partial charge in [0.15, 0.2) is 5.78 Å². The van der Waals surface area contributed by atoms with Crippen LogP contribution in [-0.2, 0) is 9.63 Å². The molecule has 3 atom stereocenters. The third-order valence-electron chi connectivity index (χ3n) is 4.38. The Morgan fingerprint density at radius 3 is 2.80 bits per heavy atom. The van der Waals surface area contributed by atoms with Crippen LogP contribution in [0.2, 0.25) is 10.0 Å². The average Bonchev–Trinajstić information content (AvgIpc) is 2.55. The highest BCUT2D eigenvalue weighted by molar-refractivity contribution is 7.99. The van der Waals surface area contributed by atoms with E-state index in [1.54, 1.807) is 17.8 Å². The molecule has 1 aromatic carbocycles. The maximum absolute atomic E-state index is 12.2. The van der Waals surface area contributed by atoms with Crippen molar-refractivity contribution in [1.29, 1.82) is 0 Å². The van der Waals surface area contributed by atoms with Crippen molar-refractivity contribution in [3.05, 3.63) is 28.2 Å². The third-order valence-corrected chi connectivity index (χ3v) is 6.15. The molecule has 1 aromatic rings. The van der Waals surface area contributed by atoms with Crippen molar-refractivity contribution in [2.24, 2.45) is 17.0 Å². The van der Waals surface area contributed by atoms with E-state index in [4.69, 9.17) is 28.0 Å². The van der Waals surface area contributed by atoms with Crippen LogP contribution in [0.25, 0.3) is 0 Å². The van der Waals surface area contributed by atoms with Gasteiger partial charge in [-0.05, 0) is 62.5 Å². The van der Waals surface area contributed by atoms with Crippen molar-refractivity contribution < 1.29 is 14.7 Å². The van der Waals surface area contributed by atoms with Gasteiger partial charge in [0.2, 0.25) is 0 Å². The first kappa shape index (κ1) is 20.6. The van der Waals surface area contributed by atoms with Crippen molar-refractivity contribution in [1.82, 2.24) is 0 Å². The van der Waals surface area contributed by atoms with E-state index in [0.29, 0.717) is 28.8 Å². The van der Waals surface area contributed by atoms with Gasteiger partial charge < -0.3 is 9.94 Å². The lowest BCUT2D eigenvalue weighted by atomic mass is 9.76. The van der Waals surface area contributed by atoms with E-state index < -0.39 is 6.10 Å². The Hall–Kier alpha value is -0.750. The first-order valence-electron chi connectivity index (χ1n) is 8.27. The smallest absolute Gasteiger partial charge is 0.164 e. The van der Waals surface area contributed by atoms with Crippen LogP contribution < -0.4 is 0 Å². The number of carbonyl (C=O) groups is 1. The molecular formula is C18H23Cl2NO3S. The van der Waals surface area contributed by atoms with Gasteiger partial charge in [-0.15, -0.1) is 11.8 Å². The summed E-state index contributed by atoms with van der Waals surface area (Å²) < 4.78 is 0. The largest absolute Gasteiger partial charge is 0.399 e. The van der Waals surface area contributed by atoms with Crippen molar-refractivity contribution in [2.75, 3.05) is 12.9 Å². The van der Waals surface area contributed by atoms with Crippen LogP contribution in [0, 0.1) is 11.8 Å². The van der Waals surface area contributed by atoms with Crippen molar-refractivity contribution in [3.63, 3.8) is 0 Å². The zero-order valence-corrected chi connectivity index (χ0v) is 16.7. The van der Waals surface area contributed by atoms with Gasteiger partial charge >= 0.3 is 0 Å². The van der Waals surface area contributed by atoms with E-state index in [1.165, 1.54) is 7.11 Å². The molecule has 0 saturated heterocycles. The van der Waals surface area contributed by atoms with Gasteiger partial charge in [0.25, 0.3) is 0 Å². The predicted octanol–water partition coefficient (Wildman–Crippen LogP) is 4.84. The summed E-state index contributed by atoms with van der Waals surface area (Å²) in [5, 5.41) is 15.1. The number of thioether (sulfide) groups is 1. The van der Waals surface area contributed by atoms with Gasteiger partial charge in [-0.2, -0.15) is 0 Å². The number of hydrogen-bond acceptors (Lipinski definition) is 5. The Bertz CT molecular complexity index is 639. The van der Waals surface area contributed by atoms with E-state index in [1.807, 2.05) is 19.1 Å². The third kappa shape index (κ3) is 6.17. The highest BCUT2D eigenvalue weighted by atomic mass is 35.5. The fourth-order valence-corrected chi connectivity index (χ4v) is 4.61. The van der Waals surface area contributed by atoms with Crippen LogP contribution in [-0.4, -0.2) is 35.6 Å². The summed E-state index contributed by atoms with van der Waals surface area (Å²) in [6.07, 6.45) is 1.94. The molecule has 138 valence electrons. The van der Waals surface area contributed by atoms with Crippen LogP contribution in [0.5, 0.6) is 0 Å². The standard InChI is InChI=1S/C18H23Cl2NO3S/c1-11(21-24-2)7-13-8-12(9-17(22)18(13)23)5-6-25-14-3-4-15(19)16(20)10-14/h3-4,10,12-13,17,22H,5-9H2,1-2H3. The lowest BCUT2D eigenvalue weighted by Gasteiger charge is -2.31. The molecule has 4 nitrogen and oxygen atoms in total. The Morgan fingerprint density at radius 2 is 2.12 bits per heavy atom. The number of halogens is 2. The first-order chi connectivity index (χ1) is 11.9. The first-order valence-corrected chi connectivity index (χ1v) is 10.0. The SMILES string of the molecule is CON=C(C)CC1CC(CCSc2ccc(Cl)c(Cl)c2)CC(O)C1=O. The number of benzene rings is 1. The van der Waals surface area contributed by atoms with E-state index in [-0.39, 0.29) is 11.7 Å². The van der Waals surface area contributed by atoms with Crippen LogP contribution >= 0.6 is 35.0 Å². The summed E-state index contributed by atoms with van der Waals surface area (Å²) in [5.41, 5.74) is 0.777. The topological polar surface area (TPSA) is 58.9 Å². The fraction of sp³-hybridized carbons (Fsp3) is 0.556. The average molecular weight is 404 g/mol. The highest BCUT2D eigenvalue weighted by Gasteiger charge is 2.35. The van der Waals surface area contributed by atoms with Crippen LogP contribution in [0.4, 0.5) is 0 Å². The summed E-state index contributed by atoms with van der Waals surface area (Å²) in [5.74, 6) is 0.978. The second-order valence-corrected chi connectivity index (χ2v) is 8.36. The van der Waals surface area contributed by atoms with Crippen molar-refractivity contribution >= 4 is 46.5 Å². The molecule has 3 unspecified atom stereocenters. The van der Waals surface area contributed by atoms with Gasteiger partial charge in [-0.3, -0.25) is 4.79 Å². The normalized spacial score (nSPS) is 24.4. The summed E-state index contributed by atoms with van der Waals surface area (Å²) in [7, 11) is 1.49. The number of Topliss-reactive ketones (excluding diaryl/α,β-unsaturated/α-hetero) is 1. The molecule has 7 heteroatoms. The maximum atomic E-state index is 12.2. The zero-order valence-electron chi connectivity index (χ0n) is 14.4. The molecule has 1 fully saturated rings. The second-order valence-electron chi connectivity index (χ2n) is 6.38. The molecule has 0 aliphatic heterocycles. The van der Waals surface area contributed by atoms with Gasteiger partial charge in [-0.1, -0.05) is 28.4 Å². The Balaban J connectivity index is 1.87. The summed E-state index contributed by atoms with van der Waals surface area (Å²) in [6.45, 7) is 1.84. The predicted molar refractivity (Wildman–Crippen MR) is 104 cm³/mol. The quantitative estimate of drug-likeness (QED) is 0.401. The summed E-state index contributed by atoms with van der Waals surface area (Å²) in [4.78, 5) is 18.0. The number of oxime groups is 1. The minimum absolute atomic E-state index is 0.0703. The number of aliphatic hydroxyl groups is 1. The fourth-order valence-electron chi connectivity index (χ4n) is 3.20. The van der Waals surface area contributed by atoms with Crippen molar-refractivity contribution in [2.45, 2.75) is 43.6 Å². The number of hydrogen-bond donors (Lipinski definition) is 1. The number of ketones is 1. The van der Waals surface area contributed by atoms with Gasteiger partial charge in [0, 0.05) is 10.8 Å². The molecule has 0 radical (unpaired) electrons. The Kier molecular flexibility index (Phi) is 8.07. The van der Waals surface area contributed by atoms with E-state index in [9.17, 15) is 9.90 Å². The minimum Gasteiger partial charge on any atom is -0.399 e. The number of nitrogens with zero attached hydrogens (tertiary/aromatic N) is 1. The van der Waals surface area contributed by atoms with Gasteiger partial charge in [-0.25, -0.2) is 0 Å². The molecule has 1 aliphatic rings. The van der Waals surface area contributed by atoms with Gasteiger partial charge in [0.05, 0.1) is 15.8 Å². The van der Waals surface area contributed by atoms with E-state index >= 15 is 0 Å². The second kappa shape index (κ2) is 9.81. The van der Waals surface area contributed by atoms with Crippen molar-refractivity contribution in [3.8, 4) is 0 Å². The molecule has 0 bridgehead atoms. The van der Waals surface area contributed by atoms with Gasteiger partial charge in [0.1, 0.15) is 13.2 Å². The molecule has 0 spiro atoms. The van der Waals surface area contributed by atoms with E-state index in [2.05, 4.69) is 5.16 Å². The lowest BCUT2D eigenvalue weighted by Crippen LogP contribution is -2.38. The molecule has 2 rings (SSSR count). The molecule has 1 aliphatic carbocycles. The molecule has 0 aromatic heterocycles. The Labute approximate surface area is 162 Å². The molecular weight excluding hydrogens is 381 g/mol. The van der Waals surface area contributed by atoms with Crippen LogP contribution in [0.3, 0.4) is 0 Å². The van der Waals surface area contributed by atoms with E-state index in [0.717, 1.165) is 29.2 Å². The number of carbonyl (C=O) groups excluding carboxylic acids is 1. The minimum atomic E-state index is -0.867. The molecule has 1 N–H and O–H groups in total. The summed E-state index contributed by atoms with van der Waals surface area (Å²) >= 11 is 13.7. The highest BCUT2D eigenvalue weighted by Crippen LogP contribution is 2.34. The molecule has 0 heterocycles. The Morgan fingerprint density at radius 1 is 1.36 bits per heavy atom. The maximum Gasteiger partial charge on any atom is 0.164 e. The number of aliphatic hydroxyl groups excluding tert-OH is 1. The number of rotatable bonds is 7.